The van der Waals surface area contributed by atoms with E-state index in [-0.39, 0.29) is 11.4 Å². The highest BCUT2D eigenvalue weighted by molar-refractivity contribution is 7.89. The van der Waals surface area contributed by atoms with Gasteiger partial charge in [-0.25, -0.2) is 22.9 Å². The Balaban J connectivity index is 2.29. The van der Waals surface area contributed by atoms with Crippen LogP contribution >= 0.6 is 0 Å². The molecule has 7 nitrogen and oxygen atoms in total. The highest BCUT2D eigenvalue weighted by Crippen LogP contribution is 2.40. The summed E-state index contributed by atoms with van der Waals surface area (Å²) in [5.74, 6) is -0.744. The average Bonchev–Trinajstić information content (AvgIpc) is 2.73. The summed E-state index contributed by atoms with van der Waals surface area (Å²) in [4.78, 5) is 17.4. The molecule has 100 valence electrons. The van der Waals surface area contributed by atoms with Gasteiger partial charge in [-0.2, -0.15) is 0 Å². The fraction of sp³-hybridized carbons (Fsp3) is 0.600. The quantitative estimate of drug-likeness (QED) is 0.720. The number of carboxylic acid groups (broad SMARTS) is 1. The van der Waals surface area contributed by atoms with E-state index in [0.29, 0.717) is 18.7 Å². The first-order valence-corrected chi connectivity index (χ1v) is 7.34. The Labute approximate surface area is 105 Å². The summed E-state index contributed by atoms with van der Waals surface area (Å²) in [6, 6.07) is 0. The maximum atomic E-state index is 11.7. The summed E-state index contributed by atoms with van der Waals surface area (Å²) in [6.07, 6.45) is 3.34. The number of rotatable bonds is 5. The molecule has 1 aromatic heterocycles. The van der Waals surface area contributed by atoms with Crippen molar-refractivity contribution in [2.45, 2.75) is 31.7 Å². The van der Waals surface area contributed by atoms with Gasteiger partial charge in [0, 0.05) is 0 Å². The Kier molecular flexibility index (Phi) is 3.16. The molecule has 18 heavy (non-hydrogen) atoms. The predicted molar refractivity (Wildman–Crippen MR) is 63.7 cm³/mol. The van der Waals surface area contributed by atoms with Crippen molar-refractivity contribution in [3.63, 3.8) is 0 Å². The van der Waals surface area contributed by atoms with Crippen LogP contribution in [-0.4, -0.2) is 35.2 Å². The van der Waals surface area contributed by atoms with E-state index in [9.17, 15) is 13.2 Å². The molecule has 0 bridgehead atoms. The van der Waals surface area contributed by atoms with Crippen LogP contribution in [0.4, 0.5) is 0 Å². The number of aromatic carboxylic acids is 1. The molecule has 1 aliphatic carbocycles. The molecule has 0 saturated heterocycles. The Morgan fingerprint density at radius 1 is 1.61 bits per heavy atom. The van der Waals surface area contributed by atoms with Crippen LogP contribution in [0.3, 0.4) is 0 Å². The van der Waals surface area contributed by atoms with Crippen LogP contribution in [0.1, 0.15) is 42.5 Å². The number of imidazole rings is 1. The lowest BCUT2D eigenvalue weighted by Crippen LogP contribution is -2.51. The van der Waals surface area contributed by atoms with Crippen molar-refractivity contribution >= 4 is 16.0 Å². The maximum absolute atomic E-state index is 11.7. The first-order chi connectivity index (χ1) is 8.38. The normalized spacial score (nSPS) is 18.3. The Morgan fingerprint density at radius 3 is 2.67 bits per heavy atom. The Bertz CT molecular complexity index is 559. The van der Waals surface area contributed by atoms with Crippen LogP contribution < -0.4 is 4.72 Å². The van der Waals surface area contributed by atoms with Crippen LogP contribution in [0.15, 0.2) is 6.20 Å². The van der Waals surface area contributed by atoms with Gasteiger partial charge in [-0.15, -0.1) is 0 Å². The zero-order chi connectivity index (χ0) is 13.4. The molecule has 0 aromatic carbocycles. The number of nitrogens with one attached hydrogen (secondary N) is 2. The molecular weight excluding hydrogens is 258 g/mol. The molecule has 2 rings (SSSR count). The van der Waals surface area contributed by atoms with Crippen LogP contribution in [0.25, 0.3) is 0 Å². The van der Waals surface area contributed by atoms with E-state index in [4.69, 9.17) is 5.11 Å². The van der Waals surface area contributed by atoms with Gasteiger partial charge in [0.05, 0.1) is 17.5 Å². The van der Waals surface area contributed by atoms with E-state index in [1.54, 1.807) is 6.92 Å². The molecule has 0 unspecified atom stereocenters. The van der Waals surface area contributed by atoms with E-state index in [1.165, 1.54) is 6.20 Å². The molecule has 3 N–H and O–H groups in total. The zero-order valence-electron chi connectivity index (χ0n) is 9.93. The minimum atomic E-state index is -3.35. The minimum Gasteiger partial charge on any atom is -0.477 e. The predicted octanol–water partition coefficient (Wildman–Crippen LogP) is 0.426. The molecular formula is C10H15N3O4S. The smallest absolute Gasteiger partial charge is 0.353 e. The second kappa shape index (κ2) is 4.36. The number of aromatic nitrogens is 2. The highest BCUT2D eigenvalue weighted by atomic mass is 32.2. The van der Waals surface area contributed by atoms with Crippen molar-refractivity contribution in [2.24, 2.45) is 0 Å². The minimum absolute atomic E-state index is 0.0127. The number of aromatic amines is 1. The van der Waals surface area contributed by atoms with Crippen molar-refractivity contribution < 1.29 is 18.3 Å². The van der Waals surface area contributed by atoms with Gasteiger partial charge in [0.1, 0.15) is 11.5 Å². The van der Waals surface area contributed by atoms with E-state index in [1.807, 2.05) is 0 Å². The number of H-pyrrole nitrogens is 1. The lowest BCUT2D eigenvalue weighted by Gasteiger charge is -2.40. The van der Waals surface area contributed by atoms with E-state index < -0.39 is 21.5 Å². The summed E-state index contributed by atoms with van der Waals surface area (Å²) in [6.45, 7) is 1.56. The summed E-state index contributed by atoms with van der Waals surface area (Å²) in [5.41, 5.74) is -0.797. The fourth-order valence-electron chi connectivity index (χ4n) is 1.96. The molecule has 1 heterocycles. The second-order valence-corrected chi connectivity index (χ2v) is 6.40. The van der Waals surface area contributed by atoms with Gasteiger partial charge >= 0.3 is 5.97 Å². The van der Waals surface area contributed by atoms with Crippen molar-refractivity contribution in [1.82, 2.24) is 14.7 Å². The number of carboxylic acids is 1. The number of nitrogens with zero attached hydrogens (tertiary/aromatic N) is 1. The lowest BCUT2D eigenvalue weighted by molar-refractivity contribution is 0.0690. The van der Waals surface area contributed by atoms with Crippen molar-refractivity contribution in [3.05, 3.63) is 17.7 Å². The van der Waals surface area contributed by atoms with E-state index >= 15 is 0 Å². The molecule has 1 fully saturated rings. The number of sulfonamides is 1. The van der Waals surface area contributed by atoms with Gasteiger partial charge < -0.3 is 10.1 Å². The SMILES string of the molecule is CCS(=O)(=O)NC1(c2ncc(C(=O)O)[nH]2)CCC1. The molecule has 1 saturated carbocycles. The number of hydrogen-bond acceptors (Lipinski definition) is 4. The van der Waals surface area contributed by atoms with E-state index in [0.717, 1.165) is 6.42 Å². The van der Waals surface area contributed by atoms with Gasteiger partial charge in [0.15, 0.2) is 0 Å². The van der Waals surface area contributed by atoms with Crippen LogP contribution in [0.2, 0.25) is 0 Å². The second-order valence-electron chi connectivity index (χ2n) is 4.39. The topological polar surface area (TPSA) is 112 Å². The first-order valence-electron chi connectivity index (χ1n) is 5.69. The van der Waals surface area contributed by atoms with Gasteiger partial charge in [-0.3, -0.25) is 0 Å². The van der Waals surface area contributed by atoms with Crippen LogP contribution in [0.5, 0.6) is 0 Å². The third-order valence-corrected chi connectivity index (χ3v) is 4.66. The fourth-order valence-corrected chi connectivity index (χ4v) is 3.00. The molecule has 0 atom stereocenters. The van der Waals surface area contributed by atoms with Gasteiger partial charge in [0.25, 0.3) is 0 Å². The number of carbonyl (C=O) groups is 1. The average molecular weight is 273 g/mol. The zero-order valence-corrected chi connectivity index (χ0v) is 10.7. The third kappa shape index (κ3) is 2.25. The summed E-state index contributed by atoms with van der Waals surface area (Å²) >= 11 is 0. The van der Waals surface area contributed by atoms with Gasteiger partial charge in [-0.05, 0) is 26.2 Å². The van der Waals surface area contributed by atoms with Crippen molar-refractivity contribution in [1.29, 1.82) is 0 Å². The van der Waals surface area contributed by atoms with Crippen LogP contribution in [-0.2, 0) is 15.6 Å². The third-order valence-electron chi connectivity index (χ3n) is 3.20. The molecule has 8 heteroatoms. The van der Waals surface area contributed by atoms with Gasteiger partial charge in [0.2, 0.25) is 10.0 Å². The molecule has 0 aliphatic heterocycles. The standard InChI is InChI=1S/C10H15N3O4S/c1-2-18(16,17)13-10(4-3-5-10)9-11-6-7(12-9)8(14)15/h6,13H,2-5H2,1H3,(H,11,12)(H,14,15). The summed E-state index contributed by atoms with van der Waals surface area (Å²) in [7, 11) is -3.35. The summed E-state index contributed by atoms with van der Waals surface area (Å²) in [5, 5.41) is 8.82. The highest BCUT2D eigenvalue weighted by Gasteiger charge is 2.44. The molecule has 0 radical (unpaired) electrons. The maximum Gasteiger partial charge on any atom is 0.353 e. The monoisotopic (exact) mass is 273 g/mol. The van der Waals surface area contributed by atoms with Crippen molar-refractivity contribution in [2.75, 3.05) is 5.75 Å². The molecule has 1 aliphatic rings. The van der Waals surface area contributed by atoms with Crippen molar-refractivity contribution in [3.8, 4) is 0 Å². The largest absolute Gasteiger partial charge is 0.477 e. The molecule has 0 amide bonds. The van der Waals surface area contributed by atoms with E-state index in [2.05, 4.69) is 14.7 Å². The first kappa shape index (κ1) is 13.0. The van der Waals surface area contributed by atoms with Gasteiger partial charge in [-0.1, -0.05) is 0 Å². The van der Waals surface area contributed by atoms with Crippen LogP contribution in [0, 0.1) is 0 Å². The molecule has 1 aromatic rings. The Hall–Kier alpha value is -1.41. The number of hydrogen-bond donors (Lipinski definition) is 3. The Morgan fingerprint density at radius 2 is 2.28 bits per heavy atom. The lowest BCUT2D eigenvalue weighted by atomic mass is 9.77. The molecule has 0 spiro atoms. The summed E-state index contributed by atoms with van der Waals surface area (Å²) < 4.78 is 25.9.